The maximum Gasteiger partial charge on any atom is 0.323 e. The molecule has 0 saturated heterocycles. The zero-order valence-corrected chi connectivity index (χ0v) is 10.4. The number of aliphatic carboxylic acids is 1. The second-order valence-corrected chi connectivity index (χ2v) is 3.95. The Morgan fingerprint density at radius 1 is 1.28 bits per heavy atom. The number of rotatable bonds is 6. The molecule has 0 unspecified atom stereocenters. The Morgan fingerprint density at radius 3 is 2.33 bits per heavy atom. The lowest BCUT2D eigenvalue weighted by atomic mass is 10.1. The van der Waals surface area contributed by atoms with Crippen molar-refractivity contribution in [2.75, 3.05) is 19.6 Å². The number of nitrogens with zero attached hydrogens (tertiary/aromatic N) is 1. The van der Waals surface area contributed by atoms with Gasteiger partial charge in [0.05, 0.1) is 0 Å². The zero-order valence-electron chi connectivity index (χ0n) is 10.4. The molecule has 0 aliphatic carbocycles. The van der Waals surface area contributed by atoms with Gasteiger partial charge in [-0.3, -0.25) is 9.59 Å². The molecule has 0 aliphatic rings. The highest BCUT2D eigenvalue weighted by Gasteiger charge is 2.16. The molecule has 0 radical (unpaired) electrons. The number of carboxylic acid groups (broad SMARTS) is 1. The molecule has 5 nitrogen and oxygen atoms in total. The Morgan fingerprint density at radius 2 is 1.89 bits per heavy atom. The van der Waals surface area contributed by atoms with Gasteiger partial charge in [0.1, 0.15) is 6.54 Å². The van der Waals surface area contributed by atoms with E-state index in [2.05, 4.69) is 0 Å². The summed E-state index contributed by atoms with van der Waals surface area (Å²) >= 11 is 0. The van der Waals surface area contributed by atoms with Crippen LogP contribution in [0, 0.1) is 0 Å². The summed E-state index contributed by atoms with van der Waals surface area (Å²) in [7, 11) is 0. The van der Waals surface area contributed by atoms with Crippen LogP contribution in [0.25, 0.3) is 0 Å². The highest BCUT2D eigenvalue weighted by Crippen LogP contribution is 2.08. The normalized spacial score (nSPS) is 10.1. The average molecular weight is 250 g/mol. The molecule has 3 N–H and O–H groups in total. The van der Waals surface area contributed by atoms with Gasteiger partial charge in [0.2, 0.25) is 0 Å². The highest BCUT2D eigenvalue weighted by atomic mass is 16.4. The molecular weight excluding hydrogens is 232 g/mol. The Kier molecular flexibility index (Phi) is 5.32. The molecule has 0 spiro atoms. The molecule has 0 heterocycles. The summed E-state index contributed by atoms with van der Waals surface area (Å²) in [4.78, 5) is 23.9. The van der Waals surface area contributed by atoms with Crippen molar-refractivity contribution in [2.45, 2.75) is 13.3 Å². The van der Waals surface area contributed by atoms with E-state index in [4.69, 9.17) is 10.8 Å². The van der Waals surface area contributed by atoms with Gasteiger partial charge in [0.25, 0.3) is 5.91 Å². The minimum absolute atomic E-state index is 0.265. The largest absolute Gasteiger partial charge is 0.480 e. The maximum atomic E-state index is 12.0. The standard InChI is InChI=1S/C13H18N2O3/c1-2-15(9-12(16)17)13(18)11-5-3-10(4-6-11)7-8-14/h3-6H,2,7-9,14H2,1H3,(H,16,17). The molecule has 98 valence electrons. The Balaban J connectivity index is 2.78. The van der Waals surface area contributed by atoms with Crippen molar-refractivity contribution in [1.29, 1.82) is 0 Å². The van der Waals surface area contributed by atoms with Gasteiger partial charge >= 0.3 is 5.97 Å². The number of nitrogens with two attached hydrogens (primary N) is 1. The molecular formula is C13H18N2O3. The van der Waals surface area contributed by atoms with Gasteiger partial charge in [0.15, 0.2) is 0 Å². The predicted octanol–water partition coefficient (Wildman–Crippen LogP) is 0.734. The van der Waals surface area contributed by atoms with Crippen LogP contribution < -0.4 is 5.73 Å². The summed E-state index contributed by atoms with van der Waals surface area (Å²) in [5.41, 5.74) is 7.01. The molecule has 1 aromatic carbocycles. The summed E-state index contributed by atoms with van der Waals surface area (Å²) in [6.07, 6.45) is 0.765. The van der Waals surface area contributed by atoms with E-state index in [9.17, 15) is 9.59 Å². The van der Waals surface area contributed by atoms with Gasteiger partial charge in [-0.25, -0.2) is 0 Å². The van der Waals surface area contributed by atoms with E-state index >= 15 is 0 Å². The first-order valence-corrected chi connectivity index (χ1v) is 5.88. The van der Waals surface area contributed by atoms with E-state index in [1.807, 2.05) is 12.1 Å². The summed E-state index contributed by atoms with van der Waals surface area (Å²) in [5.74, 6) is -1.27. The third-order valence-electron chi connectivity index (χ3n) is 2.63. The minimum Gasteiger partial charge on any atom is -0.480 e. The van der Waals surface area contributed by atoms with Crippen LogP contribution in [0.3, 0.4) is 0 Å². The van der Waals surface area contributed by atoms with E-state index in [1.165, 1.54) is 4.90 Å². The fourth-order valence-electron chi connectivity index (χ4n) is 1.65. The van der Waals surface area contributed by atoms with Crippen molar-refractivity contribution in [1.82, 2.24) is 4.90 Å². The van der Waals surface area contributed by atoms with Crippen LogP contribution >= 0.6 is 0 Å². The summed E-state index contributed by atoms with van der Waals surface area (Å²) in [6.45, 7) is 2.41. The van der Waals surface area contributed by atoms with Gasteiger partial charge in [-0.05, 0) is 37.6 Å². The van der Waals surface area contributed by atoms with Crippen LogP contribution in [-0.2, 0) is 11.2 Å². The highest BCUT2D eigenvalue weighted by molar-refractivity contribution is 5.95. The van der Waals surface area contributed by atoms with Crippen molar-refractivity contribution in [3.63, 3.8) is 0 Å². The lowest BCUT2D eigenvalue weighted by molar-refractivity contribution is -0.137. The number of hydrogen-bond acceptors (Lipinski definition) is 3. The number of carbonyl (C=O) groups excluding carboxylic acids is 1. The van der Waals surface area contributed by atoms with Gasteiger partial charge in [-0.2, -0.15) is 0 Å². The molecule has 1 amide bonds. The second kappa shape index (κ2) is 6.76. The SMILES string of the molecule is CCN(CC(=O)O)C(=O)c1ccc(CCN)cc1. The van der Waals surface area contributed by atoms with Gasteiger partial charge < -0.3 is 15.7 Å². The number of carboxylic acids is 1. The fourth-order valence-corrected chi connectivity index (χ4v) is 1.65. The van der Waals surface area contributed by atoms with Gasteiger partial charge in [-0.15, -0.1) is 0 Å². The summed E-state index contributed by atoms with van der Waals surface area (Å²) in [5, 5.41) is 8.72. The van der Waals surface area contributed by atoms with E-state index < -0.39 is 5.97 Å². The fraction of sp³-hybridized carbons (Fsp3) is 0.385. The minimum atomic E-state index is -1.01. The topological polar surface area (TPSA) is 83.6 Å². The predicted molar refractivity (Wildman–Crippen MR) is 68.4 cm³/mol. The van der Waals surface area contributed by atoms with Crippen molar-refractivity contribution in [2.24, 2.45) is 5.73 Å². The first kappa shape index (κ1) is 14.2. The maximum absolute atomic E-state index is 12.0. The quantitative estimate of drug-likeness (QED) is 0.779. The summed E-state index contributed by atoms with van der Waals surface area (Å²) < 4.78 is 0. The van der Waals surface area contributed by atoms with Crippen molar-refractivity contribution in [3.05, 3.63) is 35.4 Å². The molecule has 0 aromatic heterocycles. The Labute approximate surface area is 106 Å². The molecule has 0 bridgehead atoms. The monoisotopic (exact) mass is 250 g/mol. The van der Waals surface area contributed by atoms with Crippen LogP contribution in [0.2, 0.25) is 0 Å². The van der Waals surface area contributed by atoms with Gasteiger partial charge in [-0.1, -0.05) is 12.1 Å². The molecule has 0 saturated carbocycles. The molecule has 0 aliphatic heterocycles. The van der Waals surface area contributed by atoms with E-state index in [-0.39, 0.29) is 12.5 Å². The molecule has 5 heteroatoms. The number of benzene rings is 1. The zero-order chi connectivity index (χ0) is 13.5. The average Bonchev–Trinajstić information content (AvgIpc) is 2.36. The molecule has 0 fully saturated rings. The van der Waals surface area contributed by atoms with Crippen molar-refractivity contribution in [3.8, 4) is 0 Å². The third-order valence-corrected chi connectivity index (χ3v) is 2.63. The lowest BCUT2D eigenvalue weighted by Crippen LogP contribution is -2.35. The lowest BCUT2D eigenvalue weighted by Gasteiger charge is -2.18. The van der Waals surface area contributed by atoms with E-state index in [1.54, 1.807) is 19.1 Å². The Bertz CT molecular complexity index is 415. The number of carbonyl (C=O) groups is 2. The van der Waals surface area contributed by atoms with Crippen molar-refractivity contribution >= 4 is 11.9 Å². The number of hydrogen-bond donors (Lipinski definition) is 2. The molecule has 1 aromatic rings. The van der Waals surface area contributed by atoms with E-state index in [0.29, 0.717) is 18.7 Å². The first-order valence-electron chi connectivity index (χ1n) is 5.88. The van der Waals surface area contributed by atoms with Crippen LogP contribution in [0.4, 0.5) is 0 Å². The number of amides is 1. The van der Waals surface area contributed by atoms with Gasteiger partial charge in [0, 0.05) is 12.1 Å². The Hall–Kier alpha value is -1.88. The number of likely N-dealkylation sites (N-methyl/N-ethyl adjacent to an activating group) is 1. The van der Waals surface area contributed by atoms with Crippen LogP contribution in [0.1, 0.15) is 22.8 Å². The molecule has 18 heavy (non-hydrogen) atoms. The van der Waals surface area contributed by atoms with Crippen molar-refractivity contribution < 1.29 is 14.7 Å². The van der Waals surface area contributed by atoms with Crippen LogP contribution in [-0.4, -0.2) is 41.5 Å². The van der Waals surface area contributed by atoms with E-state index in [0.717, 1.165) is 12.0 Å². The first-order chi connectivity index (χ1) is 8.58. The molecule has 0 atom stereocenters. The van der Waals surface area contributed by atoms with Crippen LogP contribution in [0.15, 0.2) is 24.3 Å². The molecule has 1 rings (SSSR count). The second-order valence-electron chi connectivity index (χ2n) is 3.95. The summed E-state index contributed by atoms with van der Waals surface area (Å²) in [6, 6.07) is 7.10. The smallest absolute Gasteiger partial charge is 0.323 e. The van der Waals surface area contributed by atoms with Crippen LogP contribution in [0.5, 0.6) is 0 Å². The third kappa shape index (κ3) is 3.85.